The van der Waals surface area contributed by atoms with E-state index in [9.17, 15) is 14.7 Å². The summed E-state index contributed by atoms with van der Waals surface area (Å²) in [4.78, 5) is 30.7. The molecule has 0 atom stereocenters. The minimum absolute atomic E-state index is 0.0405. The number of aryl methyl sites for hydroxylation is 2. The summed E-state index contributed by atoms with van der Waals surface area (Å²) >= 11 is 0. The van der Waals surface area contributed by atoms with E-state index >= 15 is 0 Å². The first kappa shape index (κ1) is 18.5. The Balaban J connectivity index is 1.66. The van der Waals surface area contributed by atoms with Crippen molar-refractivity contribution in [3.8, 4) is 5.75 Å². The van der Waals surface area contributed by atoms with Gasteiger partial charge in [-0.2, -0.15) is 0 Å². The maximum absolute atomic E-state index is 12.9. The SMILES string of the molecule is CCN(CC)C(=O)N1CCN(C(=O)c2cc3c(cc2O)CCCC3)CC1. The van der Waals surface area contributed by atoms with Crippen molar-refractivity contribution in [2.45, 2.75) is 39.5 Å². The summed E-state index contributed by atoms with van der Waals surface area (Å²) in [6.45, 7) is 7.40. The molecule has 0 spiro atoms. The lowest BCUT2D eigenvalue weighted by Crippen LogP contribution is -2.54. The number of carbonyl (C=O) groups excluding carboxylic acids is 2. The first-order valence-electron chi connectivity index (χ1n) is 9.73. The fourth-order valence-electron chi connectivity index (χ4n) is 3.91. The molecule has 1 saturated heterocycles. The molecule has 26 heavy (non-hydrogen) atoms. The van der Waals surface area contributed by atoms with Crippen LogP contribution in [0.1, 0.15) is 48.2 Å². The highest BCUT2D eigenvalue weighted by atomic mass is 16.3. The third-order valence-corrected chi connectivity index (χ3v) is 5.56. The average molecular weight is 359 g/mol. The molecule has 1 heterocycles. The number of phenolic OH excluding ortho intramolecular Hbond substituents is 1. The van der Waals surface area contributed by atoms with E-state index in [1.165, 1.54) is 11.1 Å². The summed E-state index contributed by atoms with van der Waals surface area (Å²) < 4.78 is 0. The molecule has 1 fully saturated rings. The van der Waals surface area contributed by atoms with Gasteiger partial charge < -0.3 is 19.8 Å². The molecule has 1 aromatic carbocycles. The van der Waals surface area contributed by atoms with Gasteiger partial charge in [-0.1, -0.05) is 0 Å². The lowest BCUT2D eigenvalue weighted by atomic mass is 9.89. The second kappa shape index (κ2) is 7.98. The average Bonchev–Trinajstić information content (AvgIpc) is 2.68. The predicted molar refractivity (Wildman–Crippen MR) is 101 cm³/mol. The smallest absolute Gasteiger partial charge is 0.320 e. The normalized spacial score (nSPS) is 17.0. The summed E-state index contributed by atoms with van der Waals surface area (Å²) in [7, 11) is 0. The van der Waals surface area contributed by atoms with Gasteiger partial charge >= 0.3 is 6.03 Å². The zero-order valence-corrected chi connectivity index (χ0v) is 15.8. The molecule has 0 aromatic heterocycles. The van der Waals surface area contributed by atoms with E-state index in [-0.39, 0.29) is 17.7 Å². The van der Waals surface area contributed by atoms with Crippen LogP contribution in [0.2, 0.25) is 0 Å². The maximum Gasteiger partial charge on any atom is 0.320 e. The van der Waals surface area contributed by atoms with E-state index in [4.69, 9.17) is 0 Å². The van der Waals surface area contributed by atoms with Crippen molar-refractivity contribution in [1.29, 1.82) is 0 Å². The van der Waals surface area contributed by atoms with Crippen molar-refractivity contribution in [2.75, 3.05) is 39.3 Å². The topological polar surface area (TPSA) is 64.1 Å². The fraction of sp³-hybridized carbons (Fsp3) is 0.600. The Morgan fingerprint density at radius 2 is 1.50 bits per heavy atom. The molecule has 0 bridgehead atoms. The maximum atomic E-state index is 12.9. The number of phenols is 1. The molecule has 1 aliphatic carbocycles. The quantitative estimate of drug-likeness (QED) is 0.902. The molecule has 0 unspecified atom stereocenters. The molecule has 1 aliphatic heterocycles. The van der Waals surface area contributed by atoms with Crippen LogP contribution in [0.15, 0.2) is 12.1 Å². The van der Waals surface area contributed by atoms with Crippen LogP contribution in [0.25, 0.3) is 0 Å². The van der Waals surface area contributed by atoms with Crippen molar-refractivity contribution in [1.82, 2.24) is 14.7 Å². The Bertz CT molecular complexity index is 677. The van der Waals surface area contributed by atoms with Crippen LogP contribution in [-0.4, -0.2) is 71.0 Å². The lowest BCUT2D eigenvalue weighted by Gasteiger charge is -2.37. The molecule has 3 amide bonds. The molecule has 6 nitrogen and oxygen atoms in total. The van der Waals surface area contributed by atoms with Crippen LogP contribution in [0.4, 0.5) is 4.79 Å². The Morgan fingerprint density at radius 1 is 0.962 bits per heavy atom. The third kappa shape index (κ3) is 3.64. The molecule has 0 saturated carbocycles. The van der Waals surface area contributed by atoms with Gasteiger partial charge in [0.15, 0.2) is 0 Å². The number of piperazine rings is 1. The van der Waals surface area contributed by atoms with Crippen LogP contribution < -0.4 is 0 Å². The molecular formula is C20H29N3O3. The van der Waals surface area contributed by atoms with E-state index in [1.54, 1.807) is 15.9 Å². The Labute approximate surface area is 155 Å². The second-order valence-electron chi connectivity index (χ2n) is 7.08. The van der Waals surface area contributed by atoms with Crippen molar-refractivity contribution in [3.05, 3.63) is 28.8 Å². The molecular weight excluding hydrogens is 330 g/mol. The molecule has 3 rings (SSSR count). The van der Waals surface area contributed by atoms with Crippen molar-refractivity contribution in [3.63, 3.8) is 0 Å². The van der Waals surface area contributed by atoms with Gasteiger partial charge in [0.25, 0.3) is 5.91 Å². The minimum Gasteiger partial charge on any atom is -0.507 e. The molecule has 1 N–H and O–H groups in total. The number of aromatic hydroxyl groups is 1. The number of carbonyl (C=O) groups is 2. The fourth-order valence-corrected chi connectivity index (χ4v) is 3.91. The standard InChI is InChI=1S/C20H29N3O3/c1-3-21(4-2)20(26)23-11-9-22(10-12-23)19(25)17-13-15-7-5-6-8-16(15)14-18(17)24/h13-14,24H,3-12H2,1-2H3. The summed E-state index contributed by atoms with van der Waals surface area (Å²) in [6.07, 6.45) is 4.23. The monoisotopic (exact) mass is 359 g/mol. The lowest BCUT2D eigenvalue weighted by molar-refractivity contribution is 0.0638. The van der Waals surface area contributed by atoms with E-state index in [0.29, 0.717) is 44.8 Å². The molecule has 2 aliphatic rings. The van der Waals surface area contributed by atoms with E-state index in [0.717, 1.165) is 25.7 Å². The highest BCUT2D eigenvalue weighted by Gasteiger charge is 2.28. The van der Waals surface area contributed by atoms with Gasteiger partial charge in [-0.15, -0.1) is 0 Å². The molecule has 6 heteroatoms. The van der Waals surface area contributed by atoms with Gasteiger partial charge in [-0.3, -0.25) is 4.79 Å². The number of fused-ring (bicyclic) bond motifs is 1. The summed E-state index contributed by atoms with van der Waals surface area (Å²) in [5.74, 6) is -0.0527. The van der Waals surface area contributed by atoms with Gasteiger partial charge in [0, 0.05) is 39.3 Å². The number of amides is 3. The number of hydrogen-bond acceptors (Lipinski definition) is 3. The number of hydrogen-bond donors (Lipinski definition) is 1. The number of urea groups is 1. The van der Waals surface area contributed by atoms with Gasteiger partial charge in [0.1, 0.15) is 5.75 Å². The van der Waals surface area contributed by atoms with Gasteiger partial charge in [0.05, 0.1) is 5.56 Å². The van der Waals surface area contributed by atoms with Crippen LogP contribution >= 0.6 is 0 Å². The zero-order valence-electron chi connectivity index (χ0n) is 15.8. The van der Waals surface area contributed by atoms with Crippen LogP contribution in [0.5, 0.6) is 5.75 Å². The first-order chi connectivity index (χ1) is 12.5. The van der Waals surface area contributed by atoms with Gasteiger partial charge in [-0.25, -0.2) is 4.79 Å². The van der Waals surface area contributed by atoms with Crippen molar-refractivity contribution < 1.29 is 14.7 Å². The van der Waals surface area contributed by atoms with E-state index in [1.807, 2.05) is 24.8 Å². The Kier molecular flexibility index (Phi) is 5.69. The number of rotatable bonds is 3. The minimum atomic E-state index is -0.134. The summed E-state index contributed by atoms with van der Waals surface area (Å²) in [5, 5.41) is 10.3. The number of benzene rings is 1. The van der Waals surface area contributed by atoms with Gasteiger partial charge in [-0.05, 0) is 62.8 Å². The largest absolute Gasteiger partial charge is 0.507 e. The van der Waals surface area contributed by atoms with Gasteiger partial charge in [0.2, 0.25) is 0 Å². The zero-order chi connectivity index (χ0) is 18.7. The first-order valence-corrected chi connectivity index (χ1v) is 9.73. The van der Waals surface area contributed by atoms with Crippen molar-refractivity contribution in [2.24, 2.45) is 0 Å². The van der Waals surface area contributed by atoms with E-state index in [2.05, 4.69) is 0 Å². The van der Waals surface area contributed by atoms with Crippen LogP contribution in [-0.2, 0) is 12.8 Å². The number of nitrogens with zero attached hydrogens (tertiary/aromatic N) is 3. The van der Waals surface area contributed by atoms with Crippen LogP contribution in [0, 0.1) is 0 Å². The Hall–Kier alpha value is -2.24. The summed E-state index contributed by atoms with van der Waals surface area (Å²) in [6, 6.07) is 3.68. The highest BCUT2D eigenvalue weighted by Crippen LogP contribution is 2.29. The molecule has 142 valence electrons. The predicted octanol–water partition coefficient (Wildman–Crippen LogP) is 2.49. The second-order valence-corrected chi connectivity index (χ2v) is 7.08. The van der Waals surface area contributed by atoms with E-state index < -0.39 is 0 Å². The Morgan fingerprint density at radius 3 is 2.08 bits per heavy atom. The van der Waals surface area contributed by atoms with Crippen LogP contribution in [0.3, 0.4) is 0 Å². The molecule has 0 radical (unpaired) electrons. The third-order valence-electron chi connectivity index (χ3n) is 5.56. The highest BCUT2D eigenvalue weighted by molar-refractivity contribution is 5.97. The summed E-state index contributed by atoms with van der Waals surface area (Å²) in [5.41, 5.74) is 2.75. The molecule has 1 aromatic rings. The van der Waals surface area contributed by atoms with Crippen molar-refractivity contribution >= 4 is 11.9 Å².